The maximum atomic E-state index is 5.58. The fourth-order valence-corrected chi connectivity index (χ4v) is 0.902. The second-order valence-electron chi connectivity index (χ2n) is 4.59. The van der Waals surface area contributed by atoms with Gasteiger partial charge in [-0.15, -0.1) is 0 Å². The Bertz CT molecular complexity index is 114. The molecule has 0 saturated carbocycles. The van der Waals surface area contributed by atoms with Gasteiger partial charge >= 0.3 is 0 Å². The minimum absolute atomic E-state index is 0.00109. The first-order valence-electron chi connectivity index (χ1n) is 6.17. The van der Waals surface area contributed by atoms with Crippen molar-refractivity contribution in [2.45, 2.75) is 73.0 Å². The molecule has 0 spiro atoms. The molecule has 0 unspecified atom stereocenters. The largest absolute Gasteiger partial charge is 0.379 e. The van der Waals surface area contributed by atoms with E-state index in [1.165, 1.54) is 0 Å². The number of unbranched alkanes of at least 4 members (excludes halogenated alkanes) is 1. The summed E-state index contributed by atoms with van der Waals surface area (Å²) < 4.78 is 11.0. The average molecular weight is 218 g/mol. The van der Waals surface area contributed by atoms with Gasteiger partial charge in [-0.3, -0.25) is 0 Å². The second-order valence-corrected chi connectivity index (χ2v) is 4.59. The van der Waals surface area contributed by atoms with Gasteiger partial charge in [-0.05, 0) is 47.5 Å². The van der Waals surface area contributed by atoms with Gasteiger partial charge in [0.2, 0.25) is 0 Å². The minimum atomic E-state index is -0.00109. The minimum Gasteiger partial charge on any atom is -0.379 e. The summed E-state index contributed by atoms with van der Waals surface area (Å²) >= 11 is 0. The van der Waals surface area contributed by atoms with Crippen molar-refractivity contribution in [3.8, 4) is 0 Å². The van der Waals surface area contributed by atoms with Crippen LogP contribution in [-0.4, -0.2) is 24.9 Å². The molecule has 0 saturated heterocycles. The van der Waals surface area contributed by atoms with E-state index in [1.54, 1.807) is 0 Å². The molecule has 94 valence electrons. The van der Waals surface area contributed by atoms with Gasteiger partial charge in [0, 0.05) is 13.2 Å². The monoisotopic (exact) mass is 218 g/mol. The molecule has 2 nitrogen and oxygen atoms in total. The highest BCUT2D eigenvalue weighted by molar-refractivity contribution is 4.58. The SMILES string of the molecule is CC.CC(C)OCCCCOC(C)(C)C. The van der Waals surface area contributed by atoms with Crippen LogP contribution in [0.2, 0.25) is 0 Å². The van der Waals surface area contributed by atoms with E-state index >= 15 is 0 Å². The van der Waals surface area contributed by atoms with Crippen LogP contribution in [-0.2, 0) is 9.47 Å². The average Bonchev–Trinajstić information content (AvgIpc) is 2.12. The molecule has 0 aromatic carbocycles. The zero-order valence-electron chi connectivity index (χ0n) is 11.7. The Hall–Kier alpha value is -0.0800. The molecule has 0 rings (SSSR count). The van der Waals surface area contributed by atoms with Crippen molar-refractivity contribution < 1.29 is 9.47 Å². The summed E-state index contributed by atoms with van der Waals surface area (Å²) in [6, 6.07) is 0. The van der Waals surface area contributed by atoms with Crippen LogP contribution in [0.15, 0.2) is 0 Å². The summed E-state index contributed by atoms with van der Waals surface area (Å²) in [5.41, 5.74) is -0.00109. The molecule has 0 aromatic rings. The van der Waals surface area contributed by atoms with Crippen LogP contribution in [0, 0.1) is 0 Å². The van der Waals surface area contributed by atoms with Crippen molar-refractivity contribution in [2.75, 3.05) is 13.2 Å². The number of hydrogen-bond acceptors (Lipinski definition) is 2. The first-order valence-corrected chi connectivity index (χ1v) is 6.17. The molecule has 0 amide bonds. The van der Waals surface area contributed by atoms with E-state index in [-0.39, 0.29) is 5.60 Å². The Morgan fingerprint density at radius 1 is 0.933 bits per heavy atom. The van der Waals surface area contributed by atoms with Crippen LogP contribution in [0.1, 0.15) is 61.3 Å². The molecule has 0 aliphatic rings. The van der Waals surface area contributed by atoms with Gasteiger partial charge in [0.25, 0.3) is 0 Å². The first-order chi connectivity index (χ1) is 6.92. The lowest BCUT2D eigenvalue weighted by atomic mass is 10.2. The molecule has 0 N–H and O–H groups in total. The van der Waals surface area contributed by atoms with Gasteiger partial charge in [0.15, 0.2) is 0 Å². The lowest BCUT2D eigenvalue weighted by Gasteiger charge is -2.19. The molecule has 0 atom stereocenters. The van der Waals surface area contributed by atoms with Crippen LogP contribution in [0.5, 0.6) is 0 Å². The predicted molar refractivity (Wildman–Crippen MR) is 67.4 cm³/mol. The van der Waals surface area contributed by atoms with Crippen LogP contribution in [0.4, 0.5) is 0 Å². The van der Waals surface area contributed by atoms with Gasteiger partial charge in [0.1, 0.15) is 0 Å². The number of rotatable bonds is 6. The molecule has 0 radical (unpaired) electrons. The molecule has 2 heteroatoms. The summed E-state index contributed by atoms with van der Waals surface area (Å²) in [5.74, 6) is 0. The van der Waals surface area contributed by atoms with E-state index in [0.717, 1.165) is 26.1 Å². The maximum Gasteiger partial charge on any atom is 0.0598 e. The summed E-state index contributed by atoms with van der Waals surface area (Å²) in [6.07, 6.45) is 2.53. The smallest absolute Gasteiger partial charge is 0.0598 e. The van der Waals surface area contributed by atoms with Gasteiger partial charge in [-0.2, -0.15) is 0 Å². The Morgan fingerprint density at radius 2 is 1.40 bits per heavy atom. The molecule has 0 aromatic heterocycles. The summed E-state index contributed by atoms with van der Waals surface area (Å²) in [7, 11) is 0. The Labute approximate surface area is 96.4 Å². The molecule has 0 aliphatic carbocycles. The zero-order chi connectivity index (χ0) is 12.3. The number of ether oxygens (including phenoxy) is 2. The first kappa shape index (κ1) is 17.3. The fourth-order valence-electron chi connectivity index (χ4n) is 0.902. The van der Waals surface area contributed by atoms with E-state index in [2.05, 4.69) is 34.6 Å². The normalized spacial score (nSPS) is 11.2. The molecule has 0 fully saturated rings. The van der Waals surface area contributed by atoms with Crippen molar-refractivity contribution in [3.63, 3.8) is 0 Å². The third kappa shape index (κ3) is 20.1. The van der Waals surface area contributed by atoms with Crippen LogP contribution in [0.3, 0.4) is 0 Å². The van der Waals surface area contributed by atoms with Crippen molar-refractivity contribution in [1.29, 1.82) is 0 Å². The highest BCUT2D eigenvalue weighted by atomic mass is 16.5. The van der Waals surface area contributed by atoms with Gasteiger partial charge in [-0.25, -0.2) is 0 Å². The third-order valence-electron chi connectivity index (χ3n) is 1.52. The quantitative estimate of drug-likeness (QED) is 0.627. The van der Waals surface area contributed by atoms with E-state index in [9.17, 15) is 0 Å². The van der Waals surface area contributed by atoms with Crippen LogP contribution >= 0.6 is 0 Å². The van der Waals surface area contributed by atoms with E-state index in [1.807, 2.05) is 13.8 Å². The van der Waals surface area contributed by atoms with Gasteiger partial charge in [0.05, 0.1) is 11.7 Å². The molecular formula is C13H30O2. The fraction of sp³-hybridized carbons (Fsp3) is 1.00. The Morgan fingerprint density at radius 3 is 1.80 bits per heavy atom. The predicted octanol–water partition coefficient (Wildman–Crippen LogP) is 4.03. The zero-order valence-corrected chi connectivity index (χ0v) is 11.7. The van der Waals surface area contributed by atoms with Gasteiger partial charge in [-0.1, -0.05) is 13.8 Å². The maximum absolute atomic E-state index is 5.58. The van der Waals surface area contributed by atoms with Gasteiger partial charge < -0.3 is 9.47 Å². The highest BCUT2D eigenvalue weighted by Crippen LogP contribution is 2.07. The molecular weight excluding hydrogens is 188 g/mol. The second kappa shape index (κ2) is 10.4. The van der Waals surface area contributed by atoms with E-state index in [4.69, 9.17) is 9.47 Å². The van der Waals surface area contributed by atoms with Crippen LogP contribution in [0.25, 0.3) is 0 Å². The Kier molecular flexibility index (Phi) is 12.1. The van der Waals surface area contributed by atoms with Crippen LogP contribution < -0.4 is 0 Å². The Balaban J connectivity index is 0. The summed E-state index contributed by atoms with van der Waals surface area (Å²) in [6.45, 7) is 16.1. The third-order valence-corrected chi connectivity index (χ3v) is 1.52. The van der Waals surface area contributed by atoms with Crippen molar-refractivity contribution in [3.05, 3.63) is 0 Å². The van der Waals surface area contributed by atoms with Crippen molar-refractivity contribution >= 4 is 0 Å². The van der Waals surface area contributed by atoms with E-state index in [0.29, 0.717) is 6.10 Å². The molecule has 0 heterocycles. The van der Waals surface area contributed by atoms with Crippen molar-refractivity contribution in [1.82, 2.24) is 0 Å². The van der Waals surface area contributed by atoms with E-state index < -0.39 is 0 Å². The number of hydrogen-bond donors (Lipinski definition) is 0. The standard InChI is InChI=1S/C11H24O2.C2H6/c1-10(2)12-8-6-7-9-13-11(3,4)5;1-2/h10H,6-9H2,1-5H3;1-2H3. The molecule has 0 bridgehead atoms. The summed E-state index contributed by atoms with van der Waals surface area (Å²) in [5, 5.41) is 0. The molecule has 15 heavy (non-hydrogen) atoms. The summed E-state index contributed by atoms with van der Waals surface area (Å²) in [4.78, 5) is 0. The van der Waals surface area contributed by atoms with Crippen molar-refractivity contribution in [2.24, 2.45) is 0 Å². The molecule has 0 aliphatic heterocycles. The topological polar surface area (TPSA) is 18.5 Å². The lowest BCUT2D eigenvalue weighted by molar-refractivity contribution is -0.00901. The highest BCUT2D eigenvalue weighted by Gasteiger charge is 2.08. The lowest BCUT2D eigenvalue weighted by Crippen LogP contribution is -2.19.